The number of hydrogen-bond donors (Lipinski definition) is 1. The lowest BCUT2D eigenvalue weighted by Gasteiger charge is -2.47. The number of benzene rings is 1. The van der Waals surface area contributed by atoms with Crippen molar-refractivity contribution >= 4 is 5.69 Å². The van der Waals surface area contributed by atoms with E-state index in [-0.39, 0.29) is 0 Å². The maximum Gasteiger partial charge on any atom is 0.0340 e. The van der Waals surface area contributed by atoms with Gasteiger partial charge in [-0.2, -0.15) is 0 Å². The van der Waals surface area contributed by atoms with Gasteiger partial charge in [-0.3, -0.25) is 9.80 Å². The van der Waals surface area contributed by atoms with E-state index in [0.717, 1.165) is 19.1 Å². The van der Waals surface area contributed by atoms with Crippen LogP contribution in [0.3, 0.4) is 0 Å². The number of aryl methyl sites for hydroxylation is 1. The molecule has 0 spiro atoms. The highest BCUT2D eigenvalue weighted by molar-refractivity contribution is 5.44. The molecule has 2 unspecified atom stereocenters. The average Bonchev–Trinajstić information content (AvgIpc) is 2.50. The molecule has 2 atom stereocenters. The highest BCUT2D eigenvalue weighted by Crippen LogP contribution is 2.23. The molecule has 3 rings (SSSR count). The van der Waals surface area contributed by atoms with Crippen LogP contribution in [0.2, 0.25) is 0 Å². The van der Waals surface area contributed by atoms with Crippen LogP contribution in [0, 0.1) is 6.92 Å². The van der Waals surface area contributed by atoms with Crippen LogP contribution in [-0.2, 0) is 0 Å². The van der Waals surface area contributed by atoms with Crippen LogP contribution in [-0.4, -0.2) is 54.6 Å². The molecule has 1 aromatic carbocycles. The van der Waals surface area contributed by atoms with E-state index in [4.69, 9.17) is 0 Å². The molecule has 0 aromatic heterocycles. The van der Waals surface area contributed by atoms with Gasteiger partial charge >= 0.3 is 0 Å². The van der Waals surface area contributed by atoms with E-state index in [9.17, 15) is 0 Å². The molecule has 0 radical (unpaired) electrons. The minimum Gasteiger partial charge on any atom is -0.384 e. The van der Waals surface area contributed by atoms with Gasteiger partial charge in [-0.05, 0) is 45.4 Å². The topological polar surface area (TPSA) is 18.5 Å². The molecule has 0 aliphatic carbocycles. The molecule has 2 saturated heterocycles. The van der Waals surface area contributed by atoms with E-state index in [1.54, 1.807) is 0 Å². The van der Waals surface area contributed by atoms with Crippen LogP contribution >= 0.6 is 0 Å². The largest absolute Gasteiger partial charge is 0.384 e. The number of anilines is 1. The molecule has 2 aliphatic heterocycles. The fourth-order valence-electron chi connectivity index (χ4n) is 3.74. The van der Waals surface area contributed by atoms with Crippen molar-refractivity contribution in [2.75, 3.05) is 38.0 Å². The van der Waals surface area contributed by atoms with Crippen molar-refractivity contribution in [3.05, 3.63) is 29.8 Å². The lowest BCUT2D eigenvalue weighted by atomic mass is 9.97. The molecular formula is C18H29N3. The normalized spacial score (nSPS) is 27.3. The van der Waals surface area contributed by atoms with Crippen molar-refractivity contribution < 1.29 is 0 Å². The molecular weight excluding hydrogens is 258 g/mol. The van der Waals surface area contributed by atoms with E-state index >= 15 is 0 Å². The van der Waals surface area contributed by atoms with Crippen LogP contribution in [0.5, 0.6) is 0 Å². The van der Waals surface area contributed by atoms with Gasteiger partial charge in [-0.1, -0.05) is 24.1 Å². The summed E-state index contributed by atoms with van der Waals surface area (Å²) >= 11 is 0. The third-order valence-corrected chi connectivity index (χ3v) is 5.10. The van der Waals surface area contributed by atoms with Crippen molar-refractivity contribution in [2.45, 2.75) is 45.2 Å². The Morgan fingerprint density at radius 3 is 2.76 bits per heavy atom. The Balaban J connectivity index is 1.47. The van der Waals surface area contributed by atoms with Crippen molar-refractivity contribution in [2.24, 2.45) is 0 Å². The molecule has 3 heteroatoms. The highest BCUT2D eigenvalue weighted by Gasteiger charge is 2.32. The van der Waals surface area contributed by atoms with Gasteiger partial charge in [0.05, 0.1) is 0 Å². The second-order valence-electron chi connectivity index (χ2n) is 6.78. The number of piperidine rings is 1. The van der Waals surface area contributed by atoms with Crippen LogP contribution in [0.4, 0.5) is 5.69 Å². The molecule has 3 nitrogen and oxygen atoms in total. The number of hydrogen-bond acceptors (Lipinski definition) is 3. The predicted molar refractivity (Wildman–Crippen MR) is 89.9 cm³/mol. The molecule has 21 heavy (non-hydrogen) atoms. The average molecular weight is 287 g/mol. The first-order valence-electron chi connectivity index (χ1n) is 8.51. The van der Waals surface area contributed by atoms with Gasteiger partial charge < -0.3 is 5.32 Å². The molecule has 116 valence electrons. The number of rotatable bonds is 4. The number of piperazine rings is 1. The summed E-state index contributed by atoms with van der Waals surface area (Å²) in [6.07, 6.45) is 4.22. The van der Waals surface area contributed by atoms with Gasteiger partial charge in [0.2, 0.25) is 0 Å². The molecule has 1 N–H and O–H groups in total. The lowest BCUT2D eigenvalue weighted by Crippen LogP contribution is -2.59. The van der Waals surface area contributed by atoms with E-state index < -0.39 is 0 Å². The van der Waals surface area contributed by atoms with Gasteiger partial charge in [0.25, 0.3) is 0 Å². The minimum absolute atomic E-state index is 0.694. The SMILES string of the molecule is Cc1ccc(NCCN2CC3CCCCN3CC2C)cc1. The van der Waals surface area contributed by atoms with Gasteiger partial charge in [0, 0.05) is 44.0 Å². The van der Waals surface area contributed by atoms with Crippen molar-refractivity contribution in [1.82, 2.24) is 9.80 Å². The first kappa shape index (κ1) is 14.9. The van der Waals surface area contributed by atoms with E-state index in [1.165, 1.54) is 50.1 Å². The molecule has 1 aromatic rings. The Bertz CT molecular complexity index is 442. The Morgan fingerprint density at radius 1 is 1.14 bits per heavy atom. The summed E-state index contributed by atoms with van der Waals surface area (Å²) in [4.78, 5) is 5.39. The van der Waals surface area contributed by atoms with Gasteiger partial charge in [-0.15, -0.1) is 0 Å². The quantitative estimate of drug-likeness (QED) is 0.918. The number of nitrogens with one attached hydrogen (secondary N) is 1. The second-order valence-corrected chi connectivity index (χ2v) is 6.78. The summed E-state index contributed by atoms with van der Waals surface area (Å²) in [5.41, 5.74) is 2.56. The molecule has 2 fully saturated rings. The monoisotopic (exact) mass is 287 g/mol. The molecule has 0 amide bonds. The fraction of sp³-hybridized carbons (Fsp3) is 0.667. The van der Waals surface area contributed by atoms with Crippen LogP contribution < -0.4 is 5.32 Å². The fourth-order valence-corrected chi connectivity index (χ4v) is 3.74. The second kappa shape index (κ2) is 6.80. The van der Waals surface area contributed by atoms with Gasteiger partial charge in [0.15, 0.2) is 0 Å². The molecule has 2 heterocycles. The molecule has 0 saturated carbocycles. The predicted octanol–water partition coefficient (Wildman–Crippen LogP) is 2.97. The Hall–Kier alpha value is -1.06. The number of fused-ring (bicyclic) bond motifs is 1. The zero-order valence-electron chi connectivity index (χ0n) is 13.5. The maximum absolute atomic E-state index is 3.56. The Labute approximate surface area is 129 Å². The first-order chi connectivity index (χ1) is 10.2. The summed E-state index contributed by atoms with van der Waals surface area (Å²) in [6.45, 7) is 10.6. The van der Waals surface area contributed by atoms with Crippen molar-refractivity contribution in [3.63, 3.8) is 0 Å². The van der Waals surface area contributed by atoms with E-state index in [0.29, 0.717) is 6.04 Å². The first-order valence-corrected chi connectivity index (χ1v) is 8.51. The third-order valence-electron chi connectivity index (χ3n) is 5.10. The summed E-state index contributed by atoms with van der Waals surface area (Å²) < 4.78 is 0. The highest BCUT2D eigenvalue weighted by atomic mass is 15.3. The zero-order valence-corrected chi connectivity index (χ0v) is 13.5. The lowest BCUT2D eigenvalue weighted by molar-refractivity contribution is 0.0176. The maximum atomic E-state index is 3.56. The Kier molecular flexibility index (Phi) is 4.81. The Morgan fingerprint density at radius 2 is 1.95 bits per heavy atom. The molecule has 2 aliphatic rings. The summed E-state index contributed by atoms with van der Waals surface area (Å²) in [5.74, 6) is 0. The van der Waals surface area contributed by atoms with Crippen molar-refractivity contribution in [3.8, 4) is 0 Å². The van der Waals surface area contributed by atoms with Crippen molar-refractivity contribution in [1.29, 1.82) is 0 Å². The van der Waals surface area contributed by atoms with Crippen LogP contribution in [0.15, 0.2) is 24.3 Å². The summed E-state index contributed by atoms with van der Waals surface area (Å²) in [6, 6.07) is 10.2. The van der Waals surface area contributed by atoms with E-state index in [2.05, 4.69) is 53.2 Å². The zero-order chi connectivity index (χ0) is 14.7. The van der Waals surface area contributed by atoms with Crippen LogP contribution in [0.1, 0.15) is 31.7 Å². The third kappa shape index (κ3) is 3.78. The summed E-state index contributed by atoms with van der Waals surface area (Å²) in [5, 5.41) is 3.56. The minimum atomic E-state index is 0.694. The van der Waals surface area contributed by atoms with Gasteiger partial charge in [-0.25, -0.2) is 0 Å². The van der Waals surface area contributed by atoms with Crippen LogP contribution in [0.25, 0.3) is 0 Å². The van der Waals surface area contributed by atoms with Gasteiger partial charge in [0.1, 0.15) is 0 Å². The smallest absolute Gasteiger partial charge is 0.0340 e. The number of nitrogens with zero attached hydrogens (tertiary/aromatic N) is 2. The standard InChI is InChI=1S/C18H29N3/c1-15-6-8-17(9-7-15)19-10-12-20-14-18-5-3-4-11-21(18)13-16(20)2/h6-9,16,18-19H,3-5,10-14H2,1-2H3. The molecule has 0 bridgehead atoms. The summed E-state index contributed by atoms with van der Waals surface area (Å²) in [7, 11) is 0. The van der Waals surface area contributed by atoms with E-state index in [1.807, 2.05) is 0 Å².